The van der Waals surface area contributed by atoms with Crippen molar-refractivity contribution in [2.45, 2.75) is 12.2 Å². The highest BCUT2D eigenvalue weighted by Crippen LogP contribution is 2.33. The van der Waals surface area contributed by atoms with Gasteiger partial charge in [0.2, 0.25) is 0 Å². The fourth-order valence-electron chi connectivity index (χ4n) is 2.70. The number of nitrogens with zero attached hydrogens (tertiary/aromatic N) is 3. The molecule has 3 heterocycles. The molecule has 0 unspecified atom stereocenters. The molecule has 0 saturated carbocycles. The number of benzene rings is 1. The molecular formula is C16H13F3N4. The van der Waals surface area contributed by atoms with E-state index >= 15 is 0 Å². The summed E-state index contributed by atoms with van der Waals surface area (Å²) in [5.74, 6) is 0. The molecule has 0 radical (unpaired) electrons. The van der Waals surface area contributed by atoms with Gasteiger partial charge in [-0.1, -0.05) is 12.1 Å². The van der Waals surface area contributed by atoms with Crippen molar-refractivity contribution in [1.29, 1.82) is 0 Å². The van der Waals surface area contributed by atoms with Gasteiger partial charge in [-0.3, -0.25) is 0 Å². The topological polar surface area (TPSA) is 42.7 Å². The Balaban J connectivity index is 1.82. The maximum atomic E-state index is 12.7. The Kier molecular flexibility index (Phi) is 3.12. The maximum Gasteiger partial charge on any atom is 0.416 e. The minimum Gasteiger partial charge on any atom is -0.312 e. The van der Waals surface area contributed by atoms with Crippen molar-refractivity contribution in [2.24, 2.45) is 0 Å². The van der Waals surface area contributed by atoms with E-state index in [1.54, 1.807) is 12.3 Å². The van der Waals surface area contributed by atoms with Gasteiger partial charge in [0.05, 0.1) is 11.6 Å². The van der Waals surface area contributed by atoms with Crippen LogP contribution in [0.2, 0.25) is 0 Å². The average molecular weight is 318 g/mol. The molecule has 4 rings (SSSR count). The molecule has 3 aromatic rings. The number of pyridine rings is 1. The number of hydrogen-bond donors (Lipinski definition) is 1. The van der Waals surface area contributed by atoms with Crippen LogP contribution in [-0.2, 0) is 6.18 Å². The van der Waals surface area contributed by atoms with Crippen molar-refractivity contribution in [3.05, 3.63) is 48.2 Å². The van der Waals surface area contributed by atoms with Gasteiger partial charge < -0.3 is 5.32 Å². The van der Waals surface area contributed by atoms with Crippen LogP contribution in [-0.4, -0.2) is 27.9 Å². The van der Waals surface area contributed by atoms with Gasteiger partial charge >= 0.3 is 6.18 Å². The monoisotopic (exact) mass is 318 g/mol. The fraction of sp³-hybridized carbons (Fsp3) is 0.250. The second kappa shape index (κ2) is 5.06. The number of alkyl halides is 3. The molecule has 1 fully saturated rings. The second-order valence-electron chi connectivity index (χ2n) is 5.55. The summed E-state index contributed by atoms with van der Waals surface area (Å²) in [6, 6.07) is 9.02. The summed E-state index contributed by atoms with van der Waals surface area (Å²) in [5, 5.41) is 8.64. The number of aromatic nitrogens is 3. The highest BCUT2D eigenvalue weighted by molar-refractivity contribution is 5.91. The quantitative estimate of drug-likeness (QED) is 0.789. The van der Waals surface area contributed by atoms with Crippen LogP contribution in [0.4, 0.5) is 13.2 Å². The normalized spacial score (nSPS) is 15.8. The molecule has 1 N–H and O–H groups in total. The van der Waals surface area contributed by atoms with E-state index in [1.165, 1.54) is 12.1 Å². The minimum absolute atomic E-state index is 0.232. The molecular weight excluding hydrogens is 305 g/mol. The highest BCUT2D eigenvalue weighted by Gasteiger charge is 2.30. The average Bonchev–Trinajstić information content (AvgIpc) is 2.85. The molecule has 0 bridgehead atoms. The predicted molar refractivity (Wildman–Crippen MR) is 79.9 cm³/mol. The number of fused-ring (bicyclic) bond motifs is 1. The van der Waals surface area contributed by atoms with E-state index in [0.717, 1.165) is 36.3 Å². The number of rotatable bonds is 2. The third-order valence-corrected chi connectivity index (χ3v) is 4.06. The summed E-state index contributed by atoms with van der Waals surface area (Å²) in [6.45, 7) is 1.64. The Morgan fingerprint density at radius 2 is 1.83 bits per heavy atom. The van der Waals surface area contributed by atoms with Crippen LogP contribution in [0, 0.1) is 0 Å². The van der Waals surface area contributed by atoms with Crippen LogP contribution in [0.15, 0.2) is 42.6 Å². The van der Waals surface area contributed by atoms with Crippen molar-refractivity contribution in [3.63, 3.8) is 0 Å². The molecule has 23 heavy (non-hydrogen) atoms. The number of nitrogens with one attached hydrogen (secondary N) is 1. The van der Waals surface area contributed by atoms with Crippen LogP contribution in [0.25, 0.3) is 22.3 Å². The summed E-state index contributed by atoms with van der Waals surface area (Å²) >= 11 is 0. The molecule has 1 saturated heterocycles. The van der Waals surface area contributed by atoms with E-state index in [4.69, 9.17) is 0 Å². The van der Waals surface area contributed by atoms with Gasteiger partial charge in [-0.25, -0.2) is 9.67 Å². The lowest BCUT2D eigenvalue weighted by atomic mass is 10.1. The van der Waals surface area contributed by atoms with E-state index in [2.05, 4.69) is 15.4 Å². The molecule has 4 nitrogen and oxygen atoms in total. The third kappa shape index (κ3) is 2.37. The smallest absolute Gasteiger partial charge is 0.312 e. The minimum atomic E-state index is -4.33. The molecule has 0 atom stereocenters. The predicted octanol–water partition coefficient (Wildman–Crippen LogP) is 3.26. The van der Waals surface area contributed by atoms with E-state index in [-0.39, 0.29) is 6.04 Å². The molecule has 2 aromatic heterocycles. The lowest BCUT2D eigenvalue weighted by Crippen LogP contribution is -2.43. The van der Waals surface area contributed by atoms with Crippen LogP contribution in [0.3, 0.4) is 0 Å². The third-order valence-electron chi connectivity index (χ3n) is 4.06. The lowest BCUT2D eigenvalue weighted by molar-refractivity contribution is -0.137. The van der Waals surface area contributed by atoms with Crippen molar-refractivity contribution in [2.75, 3.05) is 13.1 Å². The van der Waals surface area contributed by atoms with Crippen molar-refractivity contribution < 1.29 is 13.2 Å². The van der Waals surface area contributed by atoms with Gasteiger partial charge in [-0.2, -0.15) is 18.3 Å². The fourth-order valence-corrected chi connectivity index (χ4v) is 2.70. The van der Waals surface area contributed by atoms with Gasteiger partial charge in [0.25, 0.3) is 0 Å². The van der Waals surface area contributed by atoms with Crippen LogP contribution >= 0.6 is 0 Å². The first-order valence-electron chi connectivity index (χ1n) is 7.25. The Morgan fingerprint density at radius 3 is 2.43 bits per heavy atom. The standard InChI is InChI=1S/C16H13F3N4/c17-16(18,19)11-5-3-10(4-6-11)14-13-2-1-7-21-15(13)23(22-14)12-8-20-9-12/h1-7,12,20H,8-9H2. The zero-order chi connectivity index (χ0) is 16.0. The molecule has 0 amide bonds. The lowest BCUT2D eigenvalue weighted by Gasteiger charge is -2.27. The Morgan fingerprint density at radius 1 is 1.09 bits per heavy atom. The van der Waals surface area contributed by atoms with Crippen molar-refractivity contribution in [3.8, 4) is 11.3 Å². The molecule has 0 aliphatic carbocycles. The van der Waals surface area contributed by atoms with Gasteiger partial charge in [0.15, 0.2) is 5.65 Å². The van der Waals surface area contributed by atoms with E-state index < -0.39 is 11.7 Å². The molecule has 7 heteroatoms. The number of halogens is 3. The summed E-state index contributed by atoms with van der Waals surface area (Å²) in [4.78, 5) is 4.38. The molecule has 0 spiro atoms. The van der Waals surface area contributed by atoms with Gasteiger partial charge in [-0.05, 0) is 24.3 Å². The zero-order valence-corrected chi connectivity index (χ0v) is 12.0. The molecule has 1 aliphatic rings. The SMILES string of the molecule is FC(F)(F)c1ccc(-c2nn(C3CNC3)c3ncccc23)cc1. The molecule has 1 aromatic carbocycles. The summed E-state index contributed by atoms with van der Waals surface area (Å²) in [6.07, 6.45) is -2.64. The Hall–Kier alpha value is -2.41. The first-order valence-corrected chi connectivity index (χ1v) is 7.25. The highest BCUT2D eigenvalue weighted by atomic mass is 19.4. The first kappa shape index (κ1) is 14.2. The Bertz CT molecular complexity index is 848. The number of hydrogen-bond acceptors (Lipinski definition) is 3. The molecule has 118 valence electrons. The summed E-state index contributed by atoms with van der Waals surface area (Å²) in [7, 11) is 0. The van der Waals surface area contributed by atoms with Crippen molar-refractivity contribution in [1.82, 2.24) is 20.1 Å². The van der Waals surface area contributed by atoms with Gasteiger partial charge in [-0.15, -0.1) is 0 Å². The Labute approximate surface area is 129 Å². The summed E-state index contributed by atoms with van der Waals surface area (Å²) < 4.78 is 40.0. The van der Waals surface area contributed by atoms with Crippen LogP contribution in [0.5, 0.6) is 0 Å². The maximum absolute atomic E-state index is 12.7. The summed E-state index contributed by atoms with van der Waals surface area (Å²) in [5.41, 5.74) is 1.41. The molecule has 1 aliphatic heterocycles. The van der Waals surface area contributed by atoms with Gasteiger partial charge in [0.1, 0.15) is 5.69 Å². The van der Waals surface area contributed by atoms with E-state index in [9.17, 15) is 13.2 Å². The largest absolute Gasteiger partial charge is 0.416 e. The first-order chi connectivity index (χ1) is 11.0. The van der Waals surface area contributed by atoms with E-state index in [0.29, 0.717) is 11.3 Å². The second-order valence-corrected chi connectivity index (χ2v) is 5.55. The van der Waals surface area contributed by atoms with E-state index in [1.807, 2.05) is 10.7 Å². The van der Waals surface area contributed by atoms with Crippen LogP contribution in [0.1, 0.15) is 11.6 Å². The van der Waals surface area contributed by atoms with Crippen LogP contribution < -0.4 is 5.32 Å². The van der Waals surface area contributed by atoms with Crippen molar-refractivity contribution >= 4 is 11.0 Å². The van der Waals surface area contributed by atoms with Gasteiger partial charge in [0, 0.05) is 30.2 Å². The zero-order valence-electron chi connectivity index (χ0n) is 12.0.